The Labute approximate surface area is 118 Å². The molecular formula is C15H28O3Si. The van der Waals surface area contributed by atoms with Gasteiger partial charge in [0.15, 0.2) is 8.32 Å². The van der Waals surface area contributed by atoms with E-state index in [9.17, 15) is 4.79 Å². The van der Waals surface area contributed by atoms with Gasteiger partial charge in [-0.25, -0.2) is 0 Å². The summed E-state index contributed by atoms with van der Waals surface area (Å²) in [6.07, 6.45) is 0.740. The van der Waals surface area contributed by atoms with Crippen LogP contribution in [0.25, 0.3) is 0 Å². The second kappa shape index (κ2) is 5.79. The first-order valence-corrected chi connectivity index (χ1v) is 9.92. The van der Waals surface area contributed by atoms with Gasteiger partial charge in [0, 0.05) is 12.5 Å². The Morgan fingerprint density at radius 1 is 1.42 bits per heavy atom. The summed E-state index contributed by atoms with van der Waals surface area (Å²) in [5.41, 5.74) is 1.01. The van der Waals surface area contributed by atoms with Crippen LogP contribution in [-0.2, 0) is 14.0 Å². The van der Waals surface area contributed by atoms with Crippen molar-refractivity contribution in [1.29, 1.82) is 0 Å². The molecule has 0 heterocycles. The predicted molar refractivity (Wildman–Crippen MR) is 80.5 cm³/mol. The maximum absolute atomic E-state index is 10.5. The number of hydrogen-bond donors (Lipinski definition) is 0. The minimum absolute atomic E-state index is 0.125. The molecule has 1 saturated carbocycles. The summed E-state index contributed by atoms with van der Waals surface area (Å²) in [4.78, 5) is 10.5. The van der Waals surface area contributed by atoms with E-state index < -0.39 is 8.32 Å². The Morgan fingerprint density at radius 3 is 2.47 bits per heavy atom. The second-order valence-electron chi connectivity index (χ2n) is 7.19. The number of hydrogen-bond acceptors (Lipinski definition) is 3. The zero-order valence-corrected chi connectivity index (χ0v) is 14.2. The van der Waals surface area contributed by atoms with Crippen molar-refractivity contribution >= 4 is 14.8 Å². The van der Waals surface area contributed by atoms with E-state index in [0.29, 0.717) is 24.9 Å². The van der Waals surface area contributed by atoms with Crippen molar-refractivity contribution in [1.82, 2.24) is 0 Å². The van der Waals surface area contributed by atoms with Crippen LogP contribution in [0.2, 0.25) is 18.1 Å². The highest BCUT2D eigenvalue weighted by Gasteiger charge is 2.41. The Morgan fingerprint density at radius 2 is 2.00 bits per heavy atom. The summed E-state index contributed by atoms with van der Waals surface area (Å²) in [5.74, 6) is 0.765. The van der Waals surface area contributed by atoms with Crippen LogP contribution >= 0.6 is 0 Å². The van der Waals surface area contributed by atoms with E-state index in [2.05, 4.69) is 47.4 Å². The van der Waals surface area contributed by atoms with Crippen molar-refractivity contribution in [2.24, 2.45) is 11.8 Å². The molecule has 0 aliphatic heterocycles. The first kappa shape index (κ1) is 16.4. The van der Waals surface area contributed by atoms with E-state index in [1.165, 1.54) is 0 Å². The molecule has 0 unspecified atom stereocenters. The number of ether oxygens (including phenoxy) is 1. The molecule has 19 heavy (non-hydrogen) atoms. The standard InChI is InChI=1S/C15H28O3Si/c1-11-8-14(17-10-16)12(2)13(11)9-18-19(6,7)15(3,4)5/h10-11,13-14H,2,8-9H2,1,3-7H3/t11-,13+,14+/m0/s1. The van der Waals surface area contributed by atoms with Gasteiger partial charge in [0.05, 0.1) is 0 Å². The highest BCUT2D eigenvalue weighted by atomic mass is 28.4. The predicted octanol–water partition coefficient (Wildman–Crippen LogP) is 3.76. The van der Waals surface area contributed by atoms with Crippen molar-refractivity contribution in [3.8, 4) is 0 Å². The molecule has 0 spiro atoms. The molecule has 0 N–H and O–H groups in total. The van der Waals surface area contributed by atoms with Gasteiger partial charge in [-0.2, -0.15) is 0 Å². The Hall–Kier alpha value is -0.613. The van der Waals surface area contributed by atoms with Crippen molar-refractivity contribution in [2.45, 2.75) is 58.4 Å². The third-order valence-electron chi connectivity index (χ3n) is 4.81. The van der Waals surface area contributed by atoms with Gasteiger partial charge >= 0.3 is 0 Å². The molecule has 3 nitrogen and oxygen atoms in total. The summed E-state index contributed by atoms with van der Waals surface area (Å²) in [6.45, 7) is 18.7. The zero-order chi connectivity index (χ0) is 14.8. The first-order valence-electron chi connectivity index (χ1n) is 7.02. The fourth-order valence-electron chi connectivity index (χ4n) is 2.25. The Balaban J connectivity index is 2.63. The summed E-state index contributed by atoms with van der Waals surface area (Å²) in [7, 11) is -1.72. The topological polar surface area (TPSA) is 35.5 Å². The molecule has 1 aliphatic carbocycles. The number of rotatable bonds is 5. The minimum atomic E-state index is -1.72. The largest absolute Gasteiger partial charge is 0.460 e. The van der Waals surface area contributed by atoms with Gasteiger partial charge in [-0.1, -0.05) is 34.3 Å². The monoisotopic (exact) mass is 284 g/mol. The van der Waals surface area contributed by atoms with Crippen molar-refractivity contribution < 1.29 is 14.0 Å². The summed E-state index contributed by atoms with van der Waals surface area (Å²) >= 11 is 0. The molecule has 0 aromatic rings. The minimum Gasteiger partial charge on any atom is -0.460 e. The fourth-order valence-corrected chi connectivity index (χ4v) is 3.28. The van der Waals surface area contributed by atoms with Crippen molar-refractivity contribution in [3.63, 3.8) is 0 Å². The molecule has 0 radical (unpaired) electrons. The Bertz CT molecular complexity index is 344. The van der Waals surface area contributed by atoms with E-state index in [-0.39, 0.29) is 11.1 Å². The number of carbonyl (C=O) groups is 1. The fraction of sp³-hybridized carbons (Fsp3) is 0.800. The zero-order valence-electron chi connectivity index (χ0n) is 13.2. The van der Waals surface area contributed by atoms with Crippen LogP contribution in [0.3, 0.4) is 0 Å². The lowest BCUT2D eigenvalue weighted by atomic mass is 9.97. The lowest BCUT2D eigenvalue weighted by molar-refractivity contribution is -0.131. The van der Waals surface area contributed by atoms with E-state index in [0.717, 1.165) is 12.0 Å². The maximum Gasteiger partial charge on any atom is 0.293 e. The second-order valence-corrected chi connectivity index (χ2v) is 12.0. The van der Waals surface area contributed by atoms with E-state index in [4.69, 9.17) is 9.16 Å². The van der Waals surface area contributed by atoms with E-state index in [1.54, 1.807) is 0 Å². The van der Waals surface area contributed by atoms with Gasteiger partial charge in [0.2, 0.25) is 0 Å². The molecule has 1 fully saturated rings. The first-order chi connectivity index (χ1) is 8.60. The summed E-state index contributed by atoms with van der Waals surface area (Å²) in [6, 6.07) is 0. The SMILES string of the molecule is C=C1[C@H](OC=O)C[C@H](C)[C@H]1CO[Si](C)(C)C(C)(C)C. The smallest absolute Gasteiger partial charge is 0.293 e. The van der Waals surface area contributed by atoms with Gasteiger partial charge < -0.3 is 9.16 Å². The van der Waals surface area contributed by atoms with Crippen molar-refractivity contribution in [3.05, 3.63) is 12.2 Å². The highest BCUT2D eigenvalue weighted by Crippen LogP contribution is 2.41. The normalized spacial score (nSPS) is 28.5. The van der Waals surface area contributed by atoms with Crippen LogP contribution in [0, 0.1) is 11.8 Å². The molecule has 110 valence electrons. The maximum atomic E-state index is 10.5. The van der Waals surface area contributed by atoms with Crippen LogP contribution in [0.5, 0.6) is 0 Å². The lowest BCUT2D eigenvalue weighted by Gasteiger charge is -2.37. The molecule has 0 amide bonds. The summed E-state index contributed by atoms with van der Waals surface area (Å²) in [5, 5.41) is 0.217. The molecule has 0 aromatic carbocycles. The molecule has 0 aromatic heterocycles. The van der Waals surface area contributed by atoms with Gasteiger partial charge in [0.1, 0.15) is 6.10 Å². The quantitative estimate of drug-likeness (QED) is 0.438. The molecule has 1 aliphatic rings. The summed E-state index contributed by atoms with van der Waals surface area (Å²) < 4.78 is 11.4. The molecular weight excluding hydrogens is 256 g/mol. The van der Waals surface area contributed by atoms with Crippen LogP contribution in [0.15, 0.2) is 12.2 Å². The van der Waals surface area contributed by atoms with Crippen LogP contribution < -0.4 is 0 Å². The third kappa shape index (κ3) is 3.69. The van der Waals surface area contributed by atoms with Gasteiger partial charge in [-0.3, -0.25) is 4.79 Å². The molecule has 0 saturated heterocycles. The molecule has 0 bridgehead atoms. The van der Waals surface area contributed by atoms with E-state index in [1.807, 2.05) is 0 Å². The van der Waals surface area contributed by atoms with Gasteiger partial charge in [-0.05, 0) is 36.0 Å². The van der Waals surface area contributed by atoms with Crippen LogP contribution in [-0.4, -0.2) is 27.5 Å². The Kier molecular flexibility index (Phi) is 5.01. The lowest BCUT2D eigenvalue weighted by Crippen LogP contribution is -2.42. The van der Waals surface area contributed by atoms with Crippen molar-refractivity contribution in [2.75, 3.05) is 6.61 Å². The third-order valence-corrected chi connectivity index (χ3v) is 9.31. The molecule has 3 atom stereocenters. The molecule has 1 rings (SSSR count). The van der Waals surface area contributed by atoms with Crippen LogP contribution in [0.1, 0.15) is 34.1 Å². The average Bonchev–Trinajstić information content (AvgIpc) is 2.51. The average molecular weight is 284 g/mol. The van der Waals surface area contributed by atoms with Gasteiger partial charge in [-0.15, -0.1) is 0 Å². The van der Waals surface area contributed by atoms with E-state index >= 15 is 0 Å². The number of carbonyl (C=O) groups excluding carboxylic acids is 1. The van der Waals surface area contributed by atoms with Gasteiger partial charge in [0.25, 0.3) is 6.47 Å². The highest BCUT2D eigenvalue weighted by molar-refractivity contribution is 6.74. The molecule has 4 heteroatoms. The van der Waals surface area contributed by atoms with Crippen LogP contribution in [0.4, 0.5) is 0 Å².